The number of Topliss-reactive ketones (excluding diaryl/α,β-unsaturated/α-hetero) is 1. The van der Waals surface area contributed by atoms with E-state index in [1.807, 2.05) is 42.5 Å². The minimum atomic E-state index is -0.295. The van der Waals surface area contributed by atoms with Crippen molar-refractivity contribution < 1.29 is 18.7 Å². The molecule has 3 aromatic rings. The van der Waals surface area contributed by atoms with Gasteiger partial charge in [0.25, 0.3) is 0 Å². The van der Waals surface area contributed by atoms with Crippen LogP contribution in [0.5, 0.6) is 11.5 Å². The van der Waals surface area contributed by atoms with Crippen LogP contribution in [0.25, 0.3) is 0 Å². The minimum Gasteiger partial charge on any atom is -0.457 e. The molecular weight excluding hydrogens is 435 g/mol. The predicted octanol–water partition coefficient (Wildman–Crippen LogP) is 4.84. The van der Waals surface area contributed by atoms with Crippen LogP contribution in [-0.4, -0.2) is 43.7 Å². The van der Waals surface area contributed by atoms with Crippen LogP contribution < -0.4 is 20.7 Å². The van der Waals surface area contributed by atoms with Gasteiger partial charge in [0.2, 0.25) is 0 Å². The lowest BCUT2D eigenvalue weighted by Gasteiger charge is -2.09. The predicted molar refractivity (Wildman–Crippen MR) is 132 cm³/mol. The summed E-state index contributed by atoms with van der Waals surface area (Å²) in [6.45, 7) is 2.78. The van der Waals surface area contributed by atoms with E-state index in [-0.39, 0.29) is 11.6 Å². The Morgan fingerprint density at radius 1 is 0.882 bits per heavy atom. The van der Waals surface area contributed by atoms with Crippen LogP contribution in [0.2, 0.25) is 0 Å². The molecule has 7 nitrogen and oxygen atoms in total. The maximum Gasteiger partial charge on any atom is 0.146 e. The number of unbranched alkanes of at least 4 members (excludes halogenated alkanes) is 1. The summed E-state index contributed by atoms with van der Waals surface area (Å²) < 4.78 is 24.2. The fourth-order valence-electron chi connectivity index (χ4n) is 3.07. The smallest absolute Gasteiger partial charge is 0.146 e. The highest BCUT2D eigenvalue weighted by molar-refractivity contribution is 5.80. The molecule has 0 bridgehead atoms. The van der Waals surface area contributed by atoms with E-state index >= 15 is 0 Å². The highest BCUT2D eigenvalue weighted by atomic mass is 19.1. The van der Waals surface area contributed by atoms with Crippen molar-refractivity contribution in [3.8, 4) is 11.5 Å². The Bertz CT molecular complexity index is 970. The summed E-state index contributed by atoms with van der Waals surface area (Å²) in [6, 6.07) is 19.0. The summed E-state index contributed by atoms with van der Waals surface area (Å²) >= 11 is 0. The van der Waals surface area contributed by atoms with Crippen LogP contribution in [0.4, 0.5) is 15.9 Å². The number of ether oxygens (including phenoxy) is 2. The fourth-order valence-corrected chi connectivity index (χ4v) is 3.07. The summed E-state index contributed by atoms with van der Waals surface area (Å²) in [6.07, 6.45) is 3.93. The Balaban J connectivity index is 1.16. The highest BCUT2D eigenvalue weighted by Crippen LogP contribution is 2.23. The number of hydrogen-bond donors (Lipinski definition) is 3. The molecule has 3 N–H and O–H groups in total. The topological polar surface area (TPSA) is 84.5 Å². The molecule has 2 aromatic carbocycles. The molecule has 0 atom stereocenters. The zero-order valence-electron chi connectivity index (χ0n) is 19.1. The maximum absolute atomic E-state index is 12.9. The van der Waals surface area contributed by atoms with Crippen LogP contribution in [0, 0.1) is 5.82 Å². The lowest BCUT2D eigenvalue weighted by Crippen LogP contribution is -2.28. The summed E-state index contributed by atoms with van der Waals surface area (Å²) in [4.78, 5) is 16.1. The van der Waals surface area contributed by atoms with Crippen molar-refractivity contribution in [3.05, 3.63) is 78.7 Å². The van der Waals surface area contributed by atoms with Gasteiger partial charge in [0.15, 0.2) is 0 Å². The van der Waals surface area contributed by atoms with E-state index in [4.69, 9.17) is 9.47 Å². The molecule has 0 radical (unpaired) electrons. The first-order valence-corrected chi connectivity index (χ1v) is 11.4. The molecule has 0 spiro atoms. The Morgan fingerprint density at radius 2 is 1.65 bits per heavy atom. The van der Waals surface area contributed by atoms with Gasteiger partial charge < -0.3 is 25.4 Å². The molecule has 0 aliphatic heterocycles. The van der Waals surface area contributed by atoms with Gasteiger partial charge >= 0.3 is 0 Å². The lowest BCUT2D eigenvalue weighted by atomic mass is 10.2. The van der Waals surface area contributed by atoms with Gasteiger partial charge in [-0.3, -0.25) is 4.79 Å². The third-order valence-corrected chi connectivity index (χ3v) is 4.87. The van der Waals surface area contributed by atoms with Crippen molar-refractivity contribution in [1.82, 2.24) is 10.3 Å². The minimum absolute atomic E-state index is 0.207. The van der Waals surface area contributed by atoms with E-state index < -0.39 is 0 Å². The monoisotopic (exact) mass is 466 g/mol. The van der Waals surface area contributed by atoms with Crippen molar-refractivity contribution in [2.75, 3.05) is 43.6 Å². The summed E-state index contributed by atoms with van der Waals surface area (Å²) in [5, 5.41) is 9.52. The number of carbonyl (C=O) groups excluding carboxylic acids is 1. The number of halogens is 1. The molecule has 0 saturated heterocycles. The number of carbonyl (C=O) groups is 1. The number of rotatable bonds is 16. The molecule has 34 heavy (non-hydrogen) atoms. The van der Waals surface area contributed by atoms with Crippen LogP contribution >= 0.6 is 0 Å². The maximum atomic E-state index is 12.9. The van der Waals surface area contributed by atoms with Crippen LogP contribution in [0.15, 0.2) is 72.9 Å². The van der Waals surface area contributed by atoms with Crippen molar-refractivity contribution >= 4 is 17.3 Å². The van der Waals surface area contributed by atoms with E-state index in [1.54, 1.807) is 18.3 Å². The standard InChI is InChI=1S/C26H31FN4O3/c27-21-7-11-24(12-8-21)34-25-13-9-22(10-14-25)31-20-33-18-4-2-5-23(32)19-28-16-17-30-26-6-1-3-15-29-26/h1,3,6-15,28,31H,2,4-5,16-20H2,(H,29,30). The number of ketones is 1. The molecule has 0 unspecified atom stereocenters. The SMILES string of the molecule is O=C(CCCCOCNc1ccc(Oc2ccc(F)cc2)cc1)CNCCNc1ccccn1. The van der Waals surface area contributed by atoms with Gasteiger partial charge in [-0.2, -0.15) is 0 Å². The number of aromatic nitrogens is 1. The van der Waals surface area contributed by atoms with Crippen LogP contribution in [0.1, 0.15) is 19.3 Å². The molecule has 0 saturated carbocycles. The fraction of sp³-hybridized carbons (Fsp3) is 0.308. The zero-order chi connectivity index (χ0) is 23.8. The molecule has 0 fully saturated rings. The first-order chi connectivity index (χ1) is 16.7. The second-order valence-corrected chi connectivity index (χ2v) is 7.62. The molecule has 0 aliphatic carbocycles. The number of benzene rings is 2. The number of hydrogen-bond acceptors (Lipinski definition) is 7. The Morgan fingerprint density at radius 3 is 2.38 bits per heavy atom. The van der Waals surface area contributed by atoms with Crippen molar-refractivity contribution in [2.24, 2.45) is 0 Å². The van der Waals surface area contributed by atoms with Gasteiger partial charge in [-0.25, -0.2) is 9.37 Å². The average Bonchev–Trinajstić information content (AvgIpc) is 2.86. The summed E-state index contributed by atoms with van der Waals surface area (Å²) in [5.74, 6) is 1.99. The molecule has 0 aliphatic rings. The van der Waals surface area contributed by atoms with Crippen LogP contribution in [0.3, 0.4) is 0 Å². The summed E-state index contributed by atoms with van der Waals surface area (Å²) in [5.41, 5.74) is 0.908. The van der Waals surface area contributed by atoms with E-state index in [1.165, 1.54) is 12.1 Å². The first-order valence-electron chi connectivity index (χ1n) is 11.4. The second kappa shape index (κ2) is 14.6. The molecule has 180 valence electrons. The number of nitrogens with one attached hydrogen (secondary N) is 3. The van der Waals surface area contributed by atoms with Gasteiger partial charge in [0, 0.05) is 38.0 Å². The Labute approximate surface area is 199 Å². The zero-order valence-corrected chi connectivity index (χ0v) is 19.1. The Kier molecular flexibility index (Phi) is 10.8. The lowest BCUT2D eigenvalue weighted by molar-refractivity contribution is -0.118. The number of nitrogens with zero attached hydrogens (tertiary/aromatic N) is 1. The number of anilines is 2. The molecular formula is C26H31FN4O3. The molecule has 8 heteroatoms. The van der Waals surface area contributed by atoms with E-state index in [0.717, 1.165) is 30.9 Å². The van der Waals surface area contributed by atoms with E-state index in [9.17, 15) is 9.18 Å². The third-order valence-electron chi connectivity index (χ3n) is 4.87. The largest absolute Gasteiger partial charge is 0.457 e. The quantitative estimate of drug-likeness (QED) is 0.206. The third kappa shape index (κ3) is 9.97. The van der Waals surface area contributed by atoms with Crippen LogP contribution in [-0.2, 0) is 9.53 Å². The van der Waals surface area contributed by atoms with Gasteiger partial charge in [-0.05, 0) is 73.5 Å². The van der Waals surface area contributed by atoms with Gasteiger partial charge in [-0.1, -0.05) is 6.07 Å². The van der Waals surface area contributed by atoms with Crippen molar-refractivity contribution in [3.63, 3.8) is 0 Å². The van der Waals surface area contributed by atoms with Crippen molar-refractivity contribution in [1.29, 1.82) is 0 Å². The average molecular weight is 467 g/mol. The van der Waals surface area contributed by atoms with Gasteiger partial charge in [0.05, 0.1) is 6.54 Å². The molecule has 3 rings (SSSR count). The van der Waals surface area contributed by atoms with E-state index in [2.05, 4.69) is 20.9 Å². The molecule has 1 aromatic heterocycles. The Hall–Kier alpha value is -3.49. The summed E-state index contributed by atoms with van der Waals surface area (Å²) in [7, 11) is 0. The van der Waals surface area contributed by atoms with Crippen molar-refractivity contribution in [2.45, 2.75) is 19.3 Å². The normalized spacial score (nSPS) is 10.6. The first kappa shape index (κ1) is 25.1. The van der Waals surface area contributed by atoms with Gasteiger partial charge in [-0.15, -0.1) is 0 Å². The number of pyridine rings is 1. The van der Waals surface area contributed by atoms with E-state index in [0.29, 0.717) is 44.3 Å². The highest BCUT2D eigenvalue weighted by Gasteiger charge is 2.02. The van der Waals surface area contributed by atoms with Gasteiger partial charge in [0.1, 0.15) is 35.6 Å². The molecule has 1 heterocycles. The molecule has 0 amide bonds. The second-order valence-electron chi connectivity index (χ2n) is 7.62.